The molecule has 2 rings (SSSR count). The number of fused-ring (bicyclic) bond motifs is 1. The molecule has 21 heavy (non-hydrogen) atoms. The molecule has 0 fully saturated rings. The molecule has 0 saturated heterocycles. The number of rotatable bonds is 9. The fraction of sp³-hybridized carbons (Fsp3) is 0.444. The SMILES string of the molecule is CCCOCCCNCC(O)c1ccc2ccccc2c1. The predicted molar refractivity (Wildman–Crippen MR) is 87.5 cm³/mol. The highest BCUT2D eigenvalue weighted by Crippen LogP contribution is 2.19. The van der Waals surface area contributed by atoms with Gasteiger partial charge in [-0.15, -0.1) is 0 Å². The van der Waals surface area contributed by atoms with Crippen molar-refractivity contribution in [3.63, 3.8) is 0 Å². The van der Waals surface area contributed by atoms with E-state index in [0.29, 0.717) is 6.54 Å². The van der Waals surface area contributed by atoms with E-state index in [9.17, 15) is 5.11 Å². The van der Waals surface area contributed by atoms with Crippen LogP contribution in [-0.4, -0.2) is 31.4 Å². The van der Waals surface area contributed by atoms with E-state index in [2.05, 4.69) is 36.5 Å². The van der Waals surface area contributed by atoms with Crippen molar-refractivity contribution < 1.29 is 9.84 Å². The summed E-state index contributed by atoms with van der Waals surface area (Å²) in [5.41, 5.74) is 0.962. The Morgan fingerprint density at radius 3 is 2.71 bits per heavy atom. The van der Waals surface area contributed by atoms with Crippen LogP contribution in [0, 0.1) is 0 Å². The van der Waals surface area contributed by atoms with Gasteiger partial charge in [0.1, 0.15) is 0 Å². The summed E-state index contributed by atoms with van der Waals surface area (Å²) in [6.45, 7) is 5.17. The lowest BCUT2D eigenvalue weighted by Gasteiger charge is -2.13. The fourth-order valence-corrected chi connectivity index (χ4v) is 2.32. The summed E-state index contributed by atoms with van der Waals surface area (Å²) < 4.78 is 5.42. The molecule has 1 unspecified atom stereocenters. The van der Waals surface area contributed by atoms with Crippen LogP contribution in [0.15, 0.2) is 42.5 Å². The quantitative estimate of drug-likeness (QED) is 0.695. The lowest BCUT2D eigenvalue weighted by atomic mass is 10.0. The third-order valence-corrected chi connectivity index (χ3v) is 3.49. The van der Waals surface area contributed by atoms with Crippen LogP contribution in [0.5, 0.6) is 0 Å². The molecule has 0 bridgehead atoms. The van der Waals surface area contributed by atoms with E-state index in [1.807, 2.05) is 18.2 Å². The summed E-state index contributed by atoms with van der Waals surface area (Å²) in [6.07, 6.45) is 1.57. The molecule has 0 saturated carbocycles. The fourth-order valence-electron chi connectivity index (χ4n) is 2.32. The van der Waals surface area contributed by atoms with Crippen LogP contribution in [0.25, 0.3) is 10.8 Å². The van der Waals surface area contributed by atoms with E-state index in [1.165, 1.54) is 10.8 Å². The maximum Gasteiger partial charge on any atom is 0.0914 e. The second-order valence-corrected chi connectivity index (χ2v) is 5.29. The molecule has 0 aliphatic heterocycles. The van der Waals surface area contributed by atoms with Gasteiger partial charge in [-0.25, -0.2) is 0 Å². The summed E-state index contributed by atoms with van der Waals surface area (Å²) >= 11 is 0. The van der Waals surface area contributed by atoms with E-state index >= 15 is 0 Å². The van der Waals surface area contributed by atoms with E-state index in [4.69, 9.17) is 4.74 Å². The number of ether oxygens (including phenoxy) is 1. The molecule has 3 nitrogen and oxygen atoms in total. The van der Waals surface area contributed by atoms with Crippen molar-refractivity contribution in [2.45, 2.75) is 25.9 Å². The highest BCUT2D eigenvalue weighted by atomic mass is 16.5. The van der Waals surface area contributed by atoms with E-state index in [0.717, 1.165) is 38.2 Å². The van der Waals surface area contributed by atoms with Crippen LogP contribution in [0.4, 0.5) is 0 Å². The Hall–Kier alpha value is -1.42. The maximum absolute atomic E-state index is 10.2. The van der Waals surface area contributed by atoms with Crippen LogP contribution >= 0.6 is 0 Å². The highest BCUT2D eigenvalue weighted by molar-refractivity contribution is 5.83. The van der Waals surface area contributed by atoms with Crippen molar-refractivity contribution >= 4 is 10.8 Å². The number of nitrogens with one attached hydrogen (secondary N) is 1. The van der Waals surface area contributed by atoms with Gasteiger partial charge in [-0.2, -0.15) is 0 Å². The lowest BCUT2D eigenvalue weighted by Crippen LogP contribution is -2.23. The van der Waals surface area contributed by atoms with Gasteiger partial charge in [0, 0.05) is 19.8 Å². The largest absolute Gasteiger partial charge is 0.387 e. The van der Waals surface area contributed by atoms with Crippen molar-refractivity contribution in [1.29, 1.82) is 0 Å². The summed E-state index contributed by atoms with van der Waals surface area (Å²) in [4.78, 5) is 0. The summed E-state index contributed by atoms with van der Waals surface area (Å²) in [5, 5.41) is 15.9. The molecular formula is C18H25NO2. The van der Waals surface area contributed by atoms with Gasteiger partial charge in [0.25, 0.3) is 0 Å². The van der Waals surface area contributed by atoms with Crippen molar-refractivity contribution in [3.05, 3.63) is 48.0 Å². The predicted octanol–water partition coefficient (Wildman–Crippen LogP) is 3.28. The Bertz CT molecular complexity index is 541. The Morgan fingerprint density at radius 2 is 1.90 bits per heavy atom. The summed E-state index contributed by atoms with van der Waals surface area (Å²) in [7, 11) is 0. The third-order valence-electron chi connectivity index (χ3n) is 3.49. The Morgan fingerprint density at radius 1 is 1.10 bits per heavy atom. The van der Waals surface area contributed by atoms with Gasteiger partial charge in [-0.1, -0.05) is 43.3 Å². The van der Waals surface area contributed by atoms with Gasteiger partial charge in [-0.3, -0.25) is 0 Å². The van der Waals surface area contributed by atoms with Gasteiger partial charge < -0.3 is 15.2 Å². The molecule has 0 aromatic heterocycles. The Balaban J connectivity index is 1.75. The first-order valence-electron chi connectivity index (χ1n) is 7.76. The summed E-state index contributed by atoms with van der Waals surface area (Å²) in [6, 6.07) is 14.3. The molecule has 0 radical (unpaired) electrons. The monoisotopic (exact) mass is 287 g/mol. The zero-order valence-corrected chi connectivity index (χ0v) is 12.7. The smallest absolute Gasteiger partial charge is 0.0914 e. The van der Waals surface area contributed by atoms with Gasteiger partial charge in [-0.05, 0) is 41.8 Å². The Labute approximate surface area is 126 Å². The number of hydrogen-bond donors (Lipinski definition) is 2. The van der Waals surface area contributed by atoms with Crippen molar-refractivity contribution in [2.24, 2.45) is 0 Å². The average molecular weight is 287 g/mol. The molecule has 0 amide bonds. The average Bonchev–Trinajstić information content (AvgIpc) is 2.53. The van der Waals surface area contributed by atoms with Gasteiger partial charge in [0.15, 0.2) is 0 Å². The molecule has 0 spiro atoms. The van der Waals surface area contributed by atoms with Crippen molar-refractivity contribution in [3.8, 4) is 0 Å². The summed E-state index contributed by atoms with van der Waals surface area (Å²) in [5.74, 6) is 0. The van der Waals surface area contributed by atoms with E-state index < -0.39 is 6.10 Å². The Kier molecular flexibility index (Phi) is 6.67. The molecule has 2 aromatic rings. The minimum absolute atomic E-state index is 0.467. The molecule has 0 aliphatic rings. The minimum Gasteiger partial charge on any atom is -0.387 e. The highest BCUT2D eigenvalue weighted by Gasteiger charge is 2.07. The number of aliphatic hydroxyl groups excluding tert-OH is 1. The normalized spacial score (nSPS) is 12.7. The number of benzene rings is 2. The van der Waals surface area contributed by atoms with Crippen LogP contribution in [0.3, 0.4) is 0 Å². The zero-order valence-electron chi connectivity index (χ0n) is 12.7. The molecule has 2 N–H and O–H groups in total. The minimum atomic E-state index is -0.467. The second-order valence-electron chi connectivity index (χ2n) is 5.29. The lowest BCUT2D eigenvalue weighted by molar-refractivity contribution is 0.129. The molecule has 0 heterocycles. The van der Waals surface area contributed by atoms with Gasteiger partial charge >= 0.3 is 0 Å². The zero-order chi connectivity index (χ0) is 14.9. The van der Waals surface area contributed by atoms with Crippen molar-refractivity contribution in [2.75, 3.05) is 26.3 Å². The first kappa shape index (κ1) is 16.0. The van der Waals surface area contributed by atoms with Crippen LogP contribution in [0.2, 0.25) is 0 Å². The van der Waals surface area contributed by atoms with E-state index in [-0.39, 0.29) is 0 Å². The number of hydrogen-bond acceptors (Lipinski definition) is 3. The van der Waals surface area contributed by atoms with Crippen LogP contribution in [-0.2, 0) is 4.74 Å². The topological polar surface area (TPSA) is 41.5 Å². The van der Waals surface area contributed by atoms with Crippen molar-refractivity contribution in [1.82, 2.24) is 5.32 Å². The number of aliphatic hydroxyl groups is 1. The molecule has 2 aromatic carbocycles. The van der Waals surface area contributed by atoms with Crippen LogP contribution < -0.4 is 5.32 Å². The first-order valence-corrected chi connectivity index (χ1v) is 7.76. The standard InChI is InChI=1S/C18H25NO2/c1-2-11-21-12-5-10-19-14-18(20)17-9-8-15-6-3-4-7-16(15)13-17/h3-4,6-9,13,18-20H,2,5,10-12,14H2,1H3. The molecule has 3 heteroatoms. The maximum atomic E-state index is 10.2. The molecule has 1 atom stereocenters. The molecular weight excluding hydrogens is 262 g/mol. The first-order chi connectivity index (χ1) is 10.3. The van der Waals surface area contributed by atoms with Gasteiger partial charge in [0.05, 0.1) is 6.10 Å². The second kappa shape index (κ2) is 8.78. The van der Waals surface area contributed by atoms with Gasteiger partial charge in [0.2, 0.25) is 0 Å². The molecule has 0 aliphatic carbocycles. The van der Waals surface area contributed by atoms with Crippen LogP contribution in [0.1, 0.15) is 31.4 Å². The van der Waals surface area contributed by atoms with E-state index in [1.54, 1.807) is 0 Å². The molecule has 114 valence electrons. The third kappa shape index (κ3) is 5.12.